The second-order valence-corrected chi connectivity index (χ2v) is 23.5. The Bertz CT molecular complexity index is 3150. The smallest absolute Gasteiger partial charge is 0.407 e. The minimum Gasteiger partial charge on any atom is -0.481 e. The van der Waals surface area contributed by atoms with Crippen molar-refractivity contribution in [1.82, 2.24) is 36.3 Å². The molecule has 3 aromatic carbocycles. The SMILES string of the molecule is C[C@]12C=CC(=O)C=C1CC[C@@H]1[C@@H]2[C@@H](O)C[C@@]2(C)[C@H]1C[C@H]1O[C@H](c3ccc(CC45CC(NC(=O)OCc6ccc(NC(=O)[C@H](CCC(=O)O)NC(=O)CNC(=O)Cc7ccc(-c8nncnn8)cc7)cc6)(C4)C5)cc3)O[C@]12C(=O)CO. The topological polar surface area (TPSA) is 308 Å². The molecular formula is C59H64N8O13. The van der Waals surface area contributed by atoms with E-state index in [-0.39, 0.29) is 53.9 Å². The van der Waals surface area contributed by atoms with Crippen molar-refractivity contribution < 1.29 is 63.1 Å². The number of aromatic nitrogens is 4. The highest BCUT2D eigenvalue weighted by Gasteiger charge is 2.76. The zero-order valence-corrected chi connectivity index (χ0v) is 44.4. The van der Waals surface area contributed by atoms with Crippen molar-refractivity contribution in [2.75, 3.05) is 18.5 Å². The van der Waals surface area contributed by atoms with Crippen LogP contribution in [0.4, 0.5) is 10.5 Å². The van der Waals surface area contributed by atoms with E-state index >= 15 is 0 Å². The summed E-state index contributed by atoms with van der Waals surface area (Å²) in [7, 11) is 0. The van der Waals surface area contributed by atoms with Gasteiger partial charge in [0.1, 0.15) is 19.3 Å². The summed E-state index contributed by atoms with van der Waals surface area (Å²) >= 11 is 0. The van der Waals surface area contributed by atoms with Gasteiger partial charge in [0.05, 0.1) is 25.2 Å². The Morgan fingerprint density at radius 2 is 1.59 bits per heavy atom. The van der Waals surface area contributed by atoms with E-state index in [4.69, 9.17) is 14.2 Å². The van der Waals surface area contributed by atoms with Gasteiger partial charge in [0.2, 0.25) is 23.5 Å². The molecule has 1 aromatic heterocycles. The molecule has 21 heteroatoms. The number of allylic oxidation sites excluding steroid dienone is 4. The maximum atomic E-state index is 14.0. The van der Waals surface area contributed by atoms with Gasteiger partial charge in [-0.3, -0.25) is 28.8 Å². The Labute approximate surface area is 460 Å². The Kier molecular flexibility index (Phi) is 14.4. The number of carboxylic acid groups (broad SMARTS) is 1. The van der Waals surface area contributed by atoms with Gasteiger partial charge in [0, 0.05) is 45.5 Å². The number of aliphatic hydroxyl groups excluding tert-OH is 2. The van der Waals surface area contributed by atoms with Crippen LogP contribution in [0.1, 0.15) is 100 Å². The lowest BCUT2D eigenvalue weighted by molar-refractivity contribution is -0.201. The number of hydrogen-bond donors (Lipinski definition) is 7. The predicted molar refractivity (Wildman–Crippen MR) is 283 cm³/mol. The molecule has 7 aliphatic carbocycles. The molecule has 0 unspecified atom stereocenters. The Balaban J connectivity index is 0.619. The maximum absolute atomic E-state index is 14.0. The lowest BCUT2D eigenvalue weighted by atomic mass is 9.38. The third-order valence-electron chi connectivity index (χ3n) is 18.5. The summed E-state index contributed by atoms with van der Waals surface area (Å²) in [5, 5.41) is 57.7. The summed E-state index contributed by atoms with van der Waals surface area (Å²) in [6.45, 7) is 2.95. The van der Waals surface area contributed by atoms with E-state index in [9.17, 15) is 48.9 Å². The first-order valence-electron chi connectivity index (χ1n) is 27.2. The fourth-order valence-corrected chi connectivity index (χ4v) is 15.0. The first-order valence-corrected chi connectivity index (χ1v) is 27.2. The summed E-state index contributed by atoms with van der Waals surface area (Å²) in [5.74, 6) is -3.15. The van der Waals surface area contributed by atoms with E-state index in [0.29, 0.717) is 41.0 Å². The van der Waals surface area contributed by atoms with Gasteiger partial charge in [-0.2, -0.15) is 0 Å². The molecule has 1 saturated heterocycles. The lowest BCUT2D eigenvalue weighted by Crippen LogP contribution is -2.75. The van der Waals surface area contributed by atoms with Crippen molar-refractivity contribution >= 4 is 47.0 Å². The molecule has 21 nitrogen and oxygen atoms in total. The van der Waals surface area contributed by atoms with Crippen LogP contribution >= 0.6 is 0 Å². The third kappa shape index (κ3) is 10.1. The number of benzene rings is 3. The molecule has 1 aliphatic heterocycles. The molecule has 6 saturated carbocycles. The number of rotatable bonds is 19. The molecule has 0 radical (unpaired) electrons. The predicted octanol–water partition coefficient (Wildman–Crippen LogP) is 4.58. The Morgan fingerprint density at radius 1 is 0.887 bits per heavy atom. The molecule has 418 valence electrons. The minimum absolute atomic E-state index is 0.00236. The molecule has 0 spiro atoms. The highest BCUT2D eigenvalue weighted by molar-refractivity contribution is 6.01. The number of ether oxygens (including phenoxy) is 3. The molecule has 2 heterocycles. The van der Waals surface area contributed by atoms with Gasteiger partial charge in [-0.25, -0.2) is 4.79 Å². The van der Waals surface area contributed by atoms with Crippen molar-refractivity contribution in [2.24, 2.45) is 34.0 Å². The number of nitrogens with one attached hydrogen (secondary N) is 4. The standard InChI is InChI=1S/C59H64N8O13/c1-55-20-19-40(69)22-38(55)13-16-41-42-23-46-59(45(71)27-68,56(42,2)25-44(70)50(41)55)80-53(79-46)37-11-5-34(6-12-37)24-57-29-58(30-57,31-57)65-54(77)78-28-35-7-14-39(15-8-35)63-52(76)43(17-18-49(74)75)64-48(73)26-60-47(72)21-33-3-9-36(10-4-33)51-66-61-32-62-67-51/h3-12,14-15,19-20,22,32,41-44,46,50,53,68,70H,13,16-18,21,23-31H2,1-2H3,(H,60,72)(H,63,76)(H,64,73)(H,65,77)(H,74,75)/t41-,42-,43-,44-,46+,50+,53-,55-,56-,57?,58?,59+/m0/s1. The van der Waals surface area contributed by atoms with Gasteiger partial charge in [0.15, 0.2) is 29.8 Å². The number of aliphatic carboxylic acids is 1. The van der Waals surface area contributed by atoms with Gasteiger partial charge in [0.25, 0.3) is 0 Å². The molecule has 80 heavy (non-hydrogen) atoms. The van der Waals surface area contributed by atoms with Gasteiger partial charge < -0.3 is 50.8 Å². The molecular weight excluding hydrogens is 1030 g/mol. The Morgan fingerprint density at radius 3 is 2.29 bits per heavy atom. The quantitative estimate of drug-likeness (QED) is 0.0676. The summed E-state index contributed by atoms with van der Waals surface area (Å²) in [5.41, 5.74) is 2.25. The Hall–Kier alpha value is -7.59. The molecule has 12 rings (SSSR count). The molecule has 7 N–H and O–H groups in total. The number of hydrogen-bond acceptors (Lipinski definition) is 16. The third-order valence-corrected chi connectivity index (χ3v) is 18.5. The number of anilines is 1. The second kappa shape index (κ2) is 21.1. The number of aliphatic hydroxyl groups is 2. The maximum Gasteiger partial charge on any atom is 0.407 e. The number of carbonyl (C=O) groups excluding carboxylic acids is 6. The molecule has 8 aliphatic rings. The number of Topliss-reactive ketones (excluding diaryl/α,β-unsaturated/α-hetero) is 1. The van der Waals surface area contributed by atoms with E-state index < -0.39 is 96.1 Å². The molecule has 2 bridgehead atoms. The van der Waals surface area contributed by atoms with Crippen LogP contribution in [0.25, 0.3) is 11.4 Å². The number of ketones is 2. The summed E-state index contributed by atoms with van der Waals surface area (Å²) in [6, 6.07) is 20.2. The van der Waals surface area contributed by atoms with E-state index in [1.54, 1.807) is 60.7 Å². The van der Waals surface area contributed by atoms with Crippen molar-refractivity contribution in [3.63, 3.8) is 0 Å². The number of alkyl carbamates (subject to hydrolysis) is 1. The van der Waals surface area contributed by atoms with Crippen molar-refractivity contribution in [3.05, 3.63) is 125 Å². The number of carbonyl (C=O) groups is 7. The average molecular weight is 1090 g/mol. The van der Waals surface area contributed by atoms with Crippen LogP contribution in [0, 0.1) is 34.0 Å². The van der Waals surface area contributed by atoms with Crippen LogP contribution in [-0.2, 0) is 62.4 Å². The average Bonchev–Trinajstić information content (AvgIpc) is 4.07. The van der Waals surface area contributed by atoms with Crippen molar-refractivity contribution in [2.45, 2.75) is 127 Å². The zero-order chi connectivity index (χ0) is 56.2. The first kappa shape index (κ1) is 54.4. The zero-order valence-electron chi connectivity index (χ0n) is 44.4. The highest BCUT2D eigenvalue weighted by Crippen LogP contribution is 2.71. The van der Waals surface area contributed by atoms with Crippen LogP contribution in [0.5, 0.6) is 0 Å². The van der Waals surface area contributed by atoms with Gasteiger partial charge in [-0.1, -0.05) is 86.2 Å². The fourth-order valence-electron chi connectivity index (χ4n) is 15.0. The lowest BCUT2D eigenvalue weighted by Gasteiger charge is -2.70. The van der Waals surface area contributed by atoms with Crippen molar-refractivity contribution in [3.8, 4) is 11.4 Å². The van der Waals surface area contributed by atoms with Crippen LogP contribution in [0.15, 0.2) is 103 Å². The fraction of sp³-hybridized carbons (Fsp3) is 0.475. The summed E-state index contributed by atoms with van der Waals surface area (Å²) in [6.07, 6.45) is 8.70. The second-order valence-electron chi connectivity index (χ2n) is 23.5. The number of fused-ring (bicyclic) bond motifs is 7. The first-order chi connectivity index (χ1) is 38.3. The number of amides is 4. The van der Waals surface area contributed by atoms with E-state index in [1.807, 2.05) is 37.3 Å². The summed E-state index contributed by atoms with van der Waals surface area (Å²) < 4.78 is 19.0. The van der Waals surface area contributed by atoms with E-state index in [0.717, 1.165) is 55.2 Å². The molecule has 10 atom stereocenters. The minimum atomic E-state index is -1.43. The van der Waals surface area contributed by atoms with Gasteiger partial charge in [-0.05, 0) is 116 Å². The molecule has 4 amide bonds. The van der Waals surface area contributed by atoms with Gasteiger partial charge in [-0.15, -0.1) is 20.4 Å². The van der Waals surface area contributed by atoms with E-state index in [2.05, 4.69) is 48.6 Å². The highest BCUT2D eigenvalue weighted by atomic mass is 16.7. The van der Waals surface area contributed by atoms with Crippen LogP contribution in [0.3, 0.4) is 0 Å². The van der Waals surface area contributed by atoms with Crippen LogP contribution in [-0.4, -0.2) is 120 Å². The monoisotopic (exact) mass is 1090 g/mol. The van der Waals surface area contributed by atoms with E-state index in [1.165, 1.54) is 6.33 Å². The van der Waals surface area contributed by atoms with Crippen LogP contribution in [0.2, 0.25) is 0 Å². The number of carboxylic acids is 1. The molecule has 7 fully saturated rings. The number of nitrogens with zero attached hydrogens (tertiary/aromatic N) is 4. The molecule has 4 aromatic rings. The van der Waals surface area contributed by atoms with Crippen molar-refractivity contribution in [1.29, 1.82) is 0 Å². The van der Waals surface area contributed by atoms with Gasteiger partial charge >= 0.3 is 12.1 Å². The normalized spacial score (nSPS) is 31.5. The van der Waals surface area contributed by atoms with Crippen LogP contribution < -0.4 is 21.3 Å². The largest absolute Gasteiger partial charge is 0.481 e. The summed E-state index contributed by atoms with van der Waals surface area (Å²) in [4.78, 5) is 89.5.